The number of esters is 1. The van der Waals surface area contributed by atoms with Crippen LogP contribution in [0.1, 0.15) is 33.2 Å². The third kappa shape index (κ3) is 4.82. The van der Waals surface area contributed by atoms with Crippen molar-refractivity contribution in [1.82, 2.24) is 4.57 Å². The lowest BCUT2D eigenvalue weighted by atomic mass is 10.0. The van der Waals surface area contributed by atoms with E-state index >= 15 is 0 Å². The number of nitrogens with zero attached hydrogens (tertiary/aromatic N) is 2. The molecule has 172 valence electrons. The van der Waals surface area contributed by atoms with Gasteiger partial charge in [-0.2, -0.15) is 4.99 Å². The largest absolute Gasteiger partial charge is 0.492 e. The Labute approximate surface area is 199 Å². The quantitative estimate of drug-likeness (QED) is 0.295. The molecule has 0 fully saturated rings. The van der Waals surface area contributed by atoms with Crippen LogP contribution in [0.4, 0.5) is 0 Å². The van der Waals surface area contributed by atoms with E-state index in [2.05, 4.69) is 4.99 Å². The number of carbonyl (C=O) groups is 3. The number of ether oxygens (including phenoxy) is 2. The second kappa shape index (κ2) is 10.3. The monoisotopic (exact) mass is 474 g/mol. The van der Waals surface area contributed by atoms with E-state index in [-0.39, 0.29) is 12.3 Å². The zero-order chi connectivity index (χ0) is 24.1. The van der Waals surface area contributed by atoms with Gasteiger partial charge in [0.2, 0.25) is 0 Å². The summed E-state index contributed by atoms with van der Waals surface area (Å²) in [7, 11) is 1.31. The summed E-state index contributed by atoms with van der Waals surface area (Å²) in [6, 6.07) is 20.8. The molecule has 0 N–H and O–H groups in total. The minimum Gasteiger partial charge on any atom is -0.492 e. The average molecular weight is 475 g/mol. The molecule has 7 nitrogen and oxygen atoms in total. The minimum atomic E-state index is -0.484. The molecule has 0 saturated carbocycles. The smallest absolute Gasteiger partial charge is 0.325 e. The molecule has 8 heteroatoms. The van der Waals surface area contributed by atoms with Gasteiger partial charge in [0.25, 0.3) is 5.91 Å². The molecule has 0 saturated heterocycles. The van der Waals surface area contributed by atoms with Crippen molar-refractivity contribution >= 4 is 39.2 Å². The maximum atomic E-state index is 13.0. The number of fused-ring (bicyclic) bond motifs is 1. The molecule has 0 aliphatic carbocycles. The normalized spacial score (nSPS) is 11.4. The molecule has 0 atom stereocenters. The van der Waals surface area contributed by atoms with Gasteiger partial charge in [-0.15, -0.1) is 0 Å². The van der Waals surface area contributed by atoms with Crippen LogP contribution in [0.15, 0.2) is 77.8 Å². The predicted molar refractivity (Wildman–Crippen MR) is 129 cm³/mol. The third-order valence-corrected chi connectivity index (χ3v) is 6.15. The molecular formula is C26H22N2O5S. The molecule has 1 aromatic heterocycles. The second-order valence-corrected chi connectivity index (χ2v) is 8.28. The van der Waals surface area contributed by atoms with Crippen molar-refractivity contribution in [2.75, 3.05) is 13.7 Å². The molecule has 0 aliphatic heterocycles. The molecule has 0 bridgehead atoms. The van der Waals surface area contributed by atoms with Crippen molar-refractivity contribution in [1.29, 1.82) is 0 Å². The van der Waals surface area contributed by atoms with Crippen molar-refractivity contribution in [2.45, 2.75) is 13.5 Å². The van der Waals surface area contributed by atoms with Gasteiger partial charge in [-0.05, 0) is 31.2 Å². The fraction of sp³-hybridized carbons (Fsp3) is 0.154. The Morgan fingerprint density at radius 2 is 1.56 bits per heavy atom. The van der Waals surface area contributed by atoms with Crippen LogP contribution in [0.5, 0.6) is 5.75 Å². The van der Waals surface area contributed by atoms with Crippen molar-refractivity contribution < 1.29 is 23.9 Å². The summed E-state index contributed by atoms with van der Waals surface area (Å²) in [5.74, 6) is -0.483. The van der Waals surface area contributed by atoms with Crippen LogP contribution in [0.2, 0.25) is 0 Å². The van der Waals surface area contributed by atoms with E-state index in [9.17, 15) is 14.4 Å². The first kappa shape index (κ1) is 23.1. The van der Waals surface area contributed by atoms with Gasteiger partial charge in [-0.3, -0.25) is 14.4 Å². The average Bonchev–Trinajstić information content (AvgIpc) is 3.21. The maximum Gasteiger partial charge on any atom is 0.325 e. The van der Waals surface area contributed by atoms with Crippen LogP contribution in [-0.2, 0) is 16.1 Å². The van der Waals surface area contributed by atoms with Gasteiger partial charge in [0.15, 0.2) is 10.6 Å². The Morgan fingerprint density at radius 3 is 2.24 bits per heavy atom. The lowest BCUT2D eigenvalue weighted by Gasteiger charge is -2.08. The summed E-state index contributed by atoms with van der Waals surface area (Å²) in [4.78, 5) is 42.3. The highest BCUT2D eigenvalue weighted by Crippen LogP contribution is 2.27. The van der Waals surface area contributed by atoms with Crippen LogP contribution in [0, 0.1) is 0 Å². The summed E-state index contributed by atoms with van der Waals surface area (Å²) in [6.07, 6.45) is 0. The Balaban J connectivity index is 1.71. The van der Waals surface area contributed by atoms with Crippen molar-refractivity contribution in [3.8, 4) is 5.75 Å². The number of methoxy groups -OCH3 is 1. The second-order valence-electron chi connectivity index (χ2n) is 7.27. The molecule has 0 spiro atoms. The number of aromatic nitrogens is 1. The number of hydrogen-bond acceptors (Lipinski definition) is 6. The summed E-state index contributed by atoms with van der Waals surface area (Å²) < 4.78 is 13.0. The lowest BCUT2D eigenvalue weighted by Crippen LogP contribution is -2.22. The van der Waals surface area contributed by atoms with E-state index in [1.54, 1.807) is 59.2 Å². The molecule has 3 aromatic carbocycles. The molecule has 4 rings (SSSR count). The molecule has 0 radical (unpaired) electrons. The lowest BCUT2D eigenvalue weighted by molar-refractivity contribution is -0.141. The number of hydrogen-bond donors (Lipinski definition) is 0. The fourth-order valence-corrected chi connectivity index (χ4v) is 4.51. The van der Waals surface area contributed by atoms with Crippen molar-refractivity contribution in [2.24, 2.45) is 4.99 Å². The standard InChI is InChI=1S/C26H22N2O5S/c1-3-33-20-10-7-11-21-23(20)28(16-22(29)32-2)26(34-21)27-25(31)19-14-12-18(13-15-19)24(30)17-8-5-4-6-9-17/h4-15H,3,16H2,1-2H3. The van der Waals surface area contributed by atoms with Crippen LogP contribution in [0.25, 0.3) is 10.2 Å². The van der Waals surface area contributed by atoms with E-state index < -0.39 is 11.9 Å². The first-order chi connectivity index (χ1) is 16.5. The molecule has 0 aliphatic rings. The number of amides is 1. The number of thiazole rings is 1. The topological polar surface area (TPSA) is 87.0 Å². The van der Waals surface area contributed by atoms with Gasteiger partial charge in [0.1, 0.15) is 17.8 Å². The van der Waals surface area contributed by atoms with E-state index in [1.165, 1.54) is 18.4 Å². The number of ketones is 1. The Hall–Kier alpha value is -4.04. The van der Waals surface area contributed by atoms with Crippen LogP contribution < -0.4 is 9.54 Å². The summed E-state index contributed by atoms with van der Waals surface area (Å²) >= 11 is 1.28. The van der Waals surface area contributed by atoms with Gasteiger partial charge >= 0.3 is 5.97 Å². The molecule has 1 heterocycles. The molecular weight excluding hydrogens is 452 g/mol. The molecule has 4 aromatic rings. The highest BCUT2D eigenvalue weighted by atomic mass is 32.1. The number of para-hydroxylation sites is 1. The zero-order valence-electron chi connectivity index (χ0n) is 18.7. The minimum absolute atomic E-state index is 0.114. The first-order valence-corrected chi connectivity index (χ1v) is 11.4. The van der Waals surface area contributed by atoms with E-state index in [0.29, 0.717) is 39.4 Å². The SMILES string of the molecule is CCOc1cccc2sc(=NC(=O)c3ccc(C(=O)c4ccccc4)cc3)n(CC(=O)OC)c12. The number of carbonyl (C=O) groups excluding carboxylic acids is 3. The predicted octanol–water partition coefficient (Wildman–Crippen LogP) is 4.25. The molecule has 0 unspecified atom stereocenters. The number of rotatable bonds is 7. The van der Waals surface area contributed by atoms with Crippen LogP contribution in [0.3, 0.4) is 0 Å². The summed E-state index contributed by atoms with van der Waals surface area (Å²) in [5, 5.41) is 0. The van der Waals surface area contributed by atoms with Gasteiger partial charge < -0.3 is 14.0 Å². The van der Waals surface area contributed by atoms with E-state index in [0.717, 1.165) is 4.70 Å². The zero-order valence-corrected chi connectivity index (χ0v) is 19.5. The fourth-order valence-electron chi connectivity index (χ4n) is 3.47. The molecule has 34 heavy (non-hydrogen) atoms. The molecule has 1 amide bonds. The van der Waals surface area contributed by atoms with Gasteiger partial charge in [0.05, 0.1) is 18.4 Å². The van der Waals surface area contributed by atoms with Crippen LogP contribution in [-0.4, -0.2) is 35.9 Å². The Morgan fingerprint density at radius 1 is 0.882 bits per heavy atom. The van der Waals surface area contributed by atoms with E-state index in [1.807, 2.05) is 25.1 Å². The van der Waals surface area contributed by atoms with Gasteiger partial charge in [-0.1, -0.05) is 59.9 Å². The van der Waals surface area contributed by atoms with E-state index in [4.69, 9.17) is 9.47 Å². The summed E-state index contributed by atoms with van der Waals surface area (Å²) in [5.41, 5.74) is 2.06. The number of benzene rings is 3. The third-order valence-electron chi connectivity index (χ3n) is 5.11. The Bertz CT molecular complexity index is 1420. The van der Waals surface area contributed by atoms with Crippen molar-refractivity contribution in [3.05, 3.63) is 94.3 Å². The maximum absolute atomic E-state index is 13.0. The van der Waals surface area contributed by atoms with Crippen LogP contribution >= 0.6 is 11.3 Å². The van der Waals surface area contributed by atoms with Gasteiger partial charge in [-0.25, -0.2) is 0 Å². The highest BCUT2D eigenvalue weighted by molar-refractivity contribution is 7.16. The van der Waals surface area contributed by atoms with Crippen molar-refractivity contribution in [3.63, 3.8) is 0 Å². The van der Waals surface area contributed by atoms with Gasteiger partial charge in [0, 0.05) is 16.7 Å². The summed E-state index contributed by atoms with van der Waals surface area (Å²) in [6.45, 7) is 2.21. The highest BCUT2D eigenvalue weighted by Gasteiger charge is 2.16. The Kier molecular flexibility index (Phi) is 6.98. The first-order valence-electron chi connectivity index (χ1n) is 10.6.